The van der Waals surface area contributed by atoms with Crippen LogP contribution < -0.4 is 0 Å². The third-order valence-electron chi connectivity index (χ3n) is 2.68. The van der Waals surface area contributed by atoms with Gasteiger partial charge in [-0.2, -0.15) is 5.21 Å². The molecule has 0 bridgehead atoms. The maximum atomic E-state index is 11.5. The lowest BCUT2D eigenvalue weighted by Gasteiger charge is -2.24. The second kappa shape index (κ2) is 6.25. The largest absolute Gasteiger partial charge is 0.465 e. The van der Waals surface area contributed by atoms with Gasteiger partial charge in [0.2, 0.25) is 5.82 Å². The molecule has 18 heavy (non-hydrogen) atoms. The number of esters is 1. The van der Waals surface area contributed by atoms with E-state index in [1.807, 2.05) is 11.8 Å². The molecule has 2 rings (SSSR count). The zero-order valence-electron chi connectivity index (χ0n) is 10.4. The first kappa shape index (κ1) is 12.7. The fourth-order valence-corrected chi connectivity index (χ4v) is 1.84. The Labute approximate surface area is 105 Å². The second-order valence-corrected chi connectivity index (χ2v) is 4.18. The van der Waals surface area contributed by atoms with Crippen LogP contribution in [0.4, 0.5) is 0 Å². The molecule has 0 unspecified atom stereocenters. The maximum absolute atomic E-state index is 11.5. The maximum Gasteiger partial charge on any atom is 0.320 e. The van der Waals surface area contributed by atoms with E-state index in [1.165, 1.54) is 0 Å². The van der Waals surface area contributed by atoms with Crippen molar-refractivity contribution in [3.63, 3.8) is 0 Å². The molecule has 7 nitrogen and oxygen atoms in total. The van der Waals surface area contributed by atoms with Crippen LogP contribution in [0.25, 0.3) is 5.57 Å². The van der Waals surface area contributed by atoms with Gasteiger partial charge in [0.25, 0.3) is 0 Å². The van der Waals surface area contributed by atoms with Gasteiger partial charge in [-0.15, -0.1) is 10.2 Å². The summed E-state index contributed by atoms with van der Waals surface area (Å²) in [5.74, 6) is 0.424. The van der Waals surface area contributed by atoms with Crippen molar-refractivity contribution in [1.82, 2.24) is 25.5 Å². The first-order valence-corrected chi connectivity index (χ1v) is 6.10. The SMILES string of the molecule is CCCOC(=O)CN1CCC=C(c2nn[nH]n2)C1. The summed E-state index contributed by atoms with van der Waals surface area (Å²) in [6, 6.07) is 0. The first-order chi connectivity index (χ1) is 8.79. The number of hydrogen-bond acceptors (Lipinski definition) is 6. The van der Waals surface area contributed by atoms with Crippen LogP contribution >= 0.6 is 0 Å². The van der Waals surface area contributed by atoms with Gasteiger partial charge in [-0.05, 0) is 18.1 Å². The molecule has 0 atom stereocenters. The van der Waals surface area contributed by atoms with Gasteiger partial charge in [0.05, 0.1) is 13.2 Å². The highest BCUT2D eigenvalue weighted by molar-refractivity contribution is 5.72. The van der Waals surface area contributed by atoms with E-state index in [1.54, 1.807) is 0 Å². The Morgan fingerprint density at radius 2 is 2.50 bits per heavy atom. The Balaban J connectivity index is 1.86. The fourth-order valence-electron chi connectivity index (χ4n) is 1.84. The van der Waals surface area contributed by atoms with Crippen LogP contribution in [0.3, 0.4) is 0 Å². The predicted octanol–water partition coefficient (Wildman–Crippen LogP) is 0.242. The summed E-state index contributed by atoms with van der Waals surface area (Å²) >= 11 is 0. The van der Waals surface area contributed by atoms with Gasteiger partial charge in [0.1, 0.15) is 0 Å². The molecule has 7 heteroatoms. The van der Waals surface area contributed by atoms with Crippen LogP contribution in [0.5, 0.6) is 0 Å². The fraction of sp³-hybridized carbons (Fsp3) is 0.636. The number of H-pyrrole nitrogens is 1. The molecule has 0 spiro atoms. The van der Waals surface area contributed by atoms with Crippen molar-refractivity contribution in [2.75, 3.05) is 26.2 Å². The summed E-state index contributed by atoms with van der Waals surface area (Å²) in [6.45, 7) is 4.28. The molecular formula is C11H17N5O2. The standard InChI is InChI=1S/C11H17N5O2/c1-2-6-18-10(17)8-16-5-3-4-9(7-16)11-12-14-15-13-11/h4H,2-3,5-8H2,1H3,(H,12,13,14,15). The summed E-state index contributed by atoms with van der Waals surface area (Å²) < 4.78 is 5.07. The summed E-state index contributed by atoms with van der Waals surface area (Å²) in [4.78, 5) is 13.6. The van der Waals surface area contributed by atoms with Crippen molar-refractivity contribution < 1.29 is 9.53 Å². The van der Waals surface area contributed by atoms with Gasteiger partial charge in [0.15, 0.2) is 0 Å². The molecule has 1 aliphatic heterocycles. The van der Waals surface area contributed by atoms with Crippen LogP contribution in [0.2, 0.25) is 0 Å². The van der Waals surface area contributed by atoms with Crippen LogP contribution in [0.15, 0.2) is 6.08 Å². The number of rotatable bonds is 5. The number of ether oxygens (including phenoxy) is 1. The van der Waals surface area contributed by atoms with E-state index < -0.39 is 0 Å². The Morgan fingerprint density at radius 1 is 1.61 bits per heavy atom. The minimum atomic E-state index is -0.175. The Kier molecular flexibility index (Phi) is 4.40. The van der Waals surface area contributed by atoms with Gasteiger partial charge in [-0.1, -0.05) is 13.0 Å². The number of tetrazole rings is 1. The number of carbonyl (C=O) groups is 1. The highest BCUT2D eigenvalue weighted by Crippen LogP contribution is 2.16. The van der Waals surface area contributed by atoms with E-state index in [0.717, 1.165) is 25.0 Å². The monoisotopic (exact) mass is 251 g/mol. The Bertz CT molecular complexity index is 415. The van der Waals surface area contributed by atoms with Gasteiger partial charge in [0, 0.05) is 18.7 Å². The quantitative estimate of drug-likeness (QED) is 0.755. The van der Waals surface area contributed by atoms with Crippen molar-refractivity contribution in [2.45, 2.75) is 19.8 Å². The van der Waals surface area contributed by atoms with Gasteiger partial charge in [-0.25, -0.2) is 0 Å². The van der Waals surface area contributed by atoms with Crippen LogP contribution in [-0.2, 0) is 9.53 Å². The molecule has 0 radical (unpaired) electrons. The molecule has 1 aliphatic rings. The zero-order chi connectivity index (χ0) is 12.8. The third-order valence-corrected chi connectivity index (χ3v) is 2.68. The van der Waals surface area contributed by atoms with E-state index in [-0.39, 0.29) is 5.97 Å². The number of aromatic amines is 1. The lowest BCUT2D eigenvalue weighted by atomic mass is 10.1. The van der Waals surface area contributed by atoms with Crippen molar-refractivity contribution in [3.8, 4) is 0 Å². The molecule has 98 valence electrons. The van der Waals surface area contributed by atoms with Crippen LogP contribution in [0, 0.1) is 0 Å². The number of nitrogens with one attached hydrogen (secondary N) is 1. The topological polar surface area (TPSA) is 84.0 Å². The number of hydrogen-bond donors (Lipinski definition) is 1. The lowest BCUT2D eigenvalue weighted by molar-refractivity contribution is -0.144. The number of nitrogens with zero attached hydrogens (tertiary/aromatic N) is 4. The van der Waals surface area contributed by atoms with Crippen molar-refractivity contribution in [3.05, 3.63) is 11.9 Å². The molecule has 0 fully saturated rings. The van der Waals surface area contributed by atoms with E-state index in [4.69, 9.17) is 4.74 Å². The molecule has 0 aliphatic carbocycles. The van der Waals surface area contributed by atoms with Crippen LogP contribution in [0.1, 0.15) is 25.6 Å². The molecule has 0 amide bonds. The zero-order valence-corrected chi connectivity index (χ0v) is 10.4. The second-order valence-electron chi connectivity index (χ2n) is 4.18. The summed E-state index contributed by atoms with van der Waals surface area (Å²) in [6.07, 6.45) is 3.81. The average molecular weight is 251 g/mol. The number of carbonyl (C=O) groups excluding carboxylic acids is 1. The van der Waals surface area contributed by atoms with Gasteiger partial charge >= 0.3 is 5.97 Å². The van der Waals surface area contributed by atoms with Crippen LogP contribution in [-0.4, -0.2) is 57.7 Å². The smallest absolute Gasteiger partial charge is 0.320 e. The molecule has 0 aromatic carbocycles. The molecule has 1 aromatic rings. The molecule has 0 saturated carbocycles. The number of aromatic nitrogens is 4. The van der Waals surface area contributed by atoms with E-state index in [9.17, 15) is 4.79 Å². The lowest BCUT2D eigenvalue weighted by Crippen LogP contribution is -2.35. The Morgan fingerprint density at radius 3 is 3.22 bits per heavy atom. The minimum absolute atomic E-state index is 0.175. The van der Waals surface area contributed by atoms with Crippen molar-refractivity contribution >= 4 is 11.5 Å². The molecule has 1 aromatic heterocycles. The molecule has 0 saturated heterocycles. The van der Waals surface area contributed by atoms with Crippen molar-refractivity contribution in [2.24, 2.45) is 0 Å². The first-order valence-electron chi connectivity index (χ1n) is 6.10. The van der Waals surface area contributed by atoms with Crippen molar-refractivity contribution in [1.29, 1.82) is 0 Å². The summed E-state index contributed by atoms with van der Waals surface area (Å²) in [5.41, 5.74) is 0.998. The normalized spacial score (nSPS) is 16.4. The van der Waals surface area contributed by atoms with E-state index in [2.05, 4.69) is 26.7 Å². The summed E-state index contributed by atoms with van der Waals surface area (Å²) in [7, 11) is 0. The molecule has 2 heterocycles. The van der Waals surface area contributed by atoms with E-state index >= 15 is 0 Å². The minimum Gasteiger partial charge on any atom is -0.465 e. The highest BCUT2D eigenvalue weighted by atomic mass is 16.5. The molecular weight excluding hydrogens is 234 g/mol. The highest BCUT2D eigenvalue weighted by Gasteiger charge is 2.19. The molecule has 1 N–H and O–H groups in total. The van der Waals surface area contributed by atoms with Gasteiger partial charge in [-0.3, -0.25) is 9.69 Å². The van der Waals surface area contributed by atoms with E-state index in [0.29, 0.717) is 25.5 Å². The summed E-state index contributed by atoms with van der Waals surface area (Å²) in [5, 5.41) is 13.9. The third kappa shape index (κ3) is 3.36. The van der Waals surface area contributed by atoms with Gasteiger partial charge < -0.3 is 4.74 Å². The average Bonchev–Trinajstić information content (AvgIpc) is 2.90. The predicted molar refractivity (Wildman–Crippen MR) is 64.5 cm³/mol. The Hall–Kier alpha value is -1.76.